The molecule has 1 aromatic heterocycles. The van der Waals surface area contributed by atoms with Crippen LogP contribution in [-0.2, 0) is 4.79 Å². The van der Waals surface area contributed by atoms with Gasteiger partial charge >= 0.3 is 5.97 Å². The quantitative estimate of drug-likeness (QED) is 0.691. The number of hydrogen-bond acceptors (Lipinski definition) is 3. The zero-order valence-electron chi connectivity index (χ0n) is 16.0. The van der Waals surface area contributed by atoms with Gasteiger partial charge in [0.15, 0.2) is 0 Å². The molecule has 2 aromatic carbocycles. The molecule has 0 spiro atoms. The average molecular weight is 389 g/mol. The van der Waals surface area contributed by atoms with E-state index in [4.69, 9.17) is 0 Å². The van der Waals surface area contributed by atoms with Crippen molar-refractivity contribution in [2.75, 3.05) is 13.1 Å². The van der Waals surface area contributed by atoms with Crippen molar-refractivity contribution in [3.63, 3.8) is 0 Å². The number of allylic oxidation sites excluding steroid dienone is 1. The first-order valence-corrected chi connectivity index (χ1v) is 9.75. The molecule has 2 N–H and O–H groups in total. The number of aromatic nitrogens is 2. The third-order valence-electron chi connectivity index (χ3n) is 5.60. The Balaban J connectivity index is 1.52. The van der Waals surface area contributed by atoms with Crippen molar-refractivity contribution >= 4 is 29.0 Å². The minimum absolute atomic E-state index is 0.140. The van der Waals surface area contributed by atoms with E-state index in [2.05, 4.69) is 9.97 Å². The highest BCUT2D eigenvalue weighted by atomic mass is 16.4. The van der Waals surface area contributed by atoms with E-state index in [1.807, 2.05) is 42.5 Å². The second kappa shape index (κ2) is 7.91. The number of benzene rings is 2. The van der Waals surface area contributed by atoms with Crippen LogP contribution in [0, 0.1) is 5.41 Å². The highest BCUT2D eigenvalue weighted by molar-refractivity contribution is 5.97. The first-order chi connectivity index (χ1) is 14.1. The molecule has 6 nitrogen and oxygen atoms in total. The molecule has 1 amide bonds. The number of amides is 1. The number of aliphatic carboxylic acids is 1. The van der Waals surface area contributed by atoms with Crippen molar-refractivity contribution in [1.29, 1.82) is 0 Å². The number of H-pyrrole nitrogens is 1. The third-order valence-corrected chi connectivity index (χ3v) is 5.60. The Morgan fingerprint density at radius 3 is 2.83 bits per heavy atom. The molecule has 2 heterocycles. The van der Waals surface area contributed by atoms with Gasteiger partial charge in [0.05, 0.1) is 22.8 Å². The van der Waals surface area contributed by atoms with Gasteiger partial charge in [-0.15, -0.1) is 0 Å². The lowest BCUT2D eigenvalue weighted by atomic mass is 9.76. The van der Waals surface area contributed by atoms with Gasteiger partial charge in [-0.25, -0.2) is 4.98 Å². The van der Waals surface area contributed by atoms with Crippen LogP contribution in [0.25, 0.3) is 17.1 Å². The van der Waals surface area contributed by atoms with E-state index in [0.717, 1.165) is 16.6 Å². The molecule has 1 unspecified atom stereocenters. The number of rotatable bonds is 5. The van der Waals surface area contributed by atoms with E-state index in [9.17, 15) is 14.7 Å². The second-order valence-corrected chi connectivity index (χ2v) is 7.57. The van der Waals surface area contributed by atoms with Gasteiger partial charge in [-0.3, -0.25) is 9.59 Å². The molecule has 0 radical (unpaired) electrons. The first-order valence-electron chi connectivity index (χ1n) is 9.75. The lowest BCUT2D eigenvalue weighted by Gasteiger charge is -2.39. The van der Waals surface area contributed by atoms with Gasteiger partial charge in [-0.2, -0.15) is 0 Å². The zero-order valence-corrected chi connectivity index (χ0v) is 16.0. The number of nitrogens with zero attached hydrogens (tertiary/aromatic N) is 2. The summed E-state index contributed by atoms with van der Waals surface area (Å²) in [4.78, 5) is 34.1. The third kappa shape index (κ3) is 3.92. The Morgan fingerprint density at radius 1 is 1.21 bits per heavy atom. The number of aromatic amines is 1. The summed E-state index contributed by atoms with van der Waals surface area (Å²) in [7, 11) is 0. The zero-order chi connectivity index (χ0) is 20.3. The fourth-order valence-corrected chi connectivity index (χ4v) is 3.97. The smallest absolute Gasteiger partial charge is 0.311 e. The molecule has 0 saturated carbocycles. The number of nitrogens with one attached hydrogen (secondary N) is 1. The maximum atomic E-state index is 13.1. The lowest BCUT2D eigenvalue weighted by molar-refractivity contribution is -0.151. The number of imidazole rings is 1. The first kappa shape index (κ1) is 18.9. The van der Waals surface area contributed by atoms with Crippen LogP contribution in [0.4, 0.5) is 0 Å². The monoisotopic (exact) mass is 389 g/mol. The van der Waals surface area contributed by atoms with Crippen molar-refractivity contribution in [1.82, 2.24) is 14.9 Å². The summed E-state index contributed by atoms with van der Waals surface area (Å²) in [5.41, 5.74) is 2.21. The molecule has 1 atom stereocenters. The van der Waals surface area contributed by atoms with Crippen molar-refractivity contribution in [3.8, 4) is 0 Å². The molecule has 1 aliphatic heterocycles. The van der Waals surface area contributed by atoms with Crippen molar-refractivity contribution in [2.24, 2.45) is 5.41 Å². The van der Waals surface area contributed by atoms with Crippen LogP contribution in [0.1, 0.15) is 35.2 Å². The lowest BCUT2D eigenvalue weighted by Crippen LogP contribution is -2.49. The van der Waals surface area contributed by atoms with E-state index in [0.29, 0.717) is 31.4 Å². The Labute approximate surface area is 168 Å². The Morgan fingerprint density at radius 2 is 2.03 bits per heavy atom. The molecule has 0 aliphatic carbocycles. The highest BCUT2D eigenvalue weighted by Gasteiger charge is 2.42. The van der Waals surface area contributed by atoms with Gasteiger partial charge in [0.2, 0.25) is 0 Å². The molecule has 1 aliphatic rings. The number of carbonyl (C=O) groups excluding carboxylic acids is 1. The number of carboxylic acid groups (broad SMARTS) is 1. The van der Waals surface area contributed by atoms with Crippen LogP contribution in [-0.4, -0.2) is 44.9 Å². The van der Waals surface area contributed by atoms with Crippen LogP contribution in [0.2, 0.25) is 0 Å². The molecular weight excluding hydrogens is 366 g/mol. The fourth-order valence-electron chi connectivity index (χ4n) is 3.97. The van der Waals surface area contributed by atoms with E-state index in [1.54, 1.807) is 29.4 Å². The van der Waals surface area contributed by atoms with Crippen molar-refractivity contribution in [3.05, 3.63) is 72.1 Å². The SMILES string of the molecule is O=C(c1ccc2nc[nH]c2c1)N1CCCC(C/C=C/c2ccccc2)(C(=O)O)C1. The Bertz CT molecular complexity index is 1060. The van der Waals surface area contributed by atoms with Gasteiger partial charge in [0.25, 0.3) is 5.91 Å². The van der Waals surface area contributed by atoms with Crippen LogP contribution >= 0.6 is 0 Å². The fraction of sp³-hybridized carbons (Fsp3) is 0.261. The van der Waals surface area contributed by atoms with Crippen LogP contribution in [0.15, 0.2) is 60.9 Å². The highest BCUT2D eigenvalue weighted by Crippen LogP contribution is 2.35. The van der Waals surface area contributed by atoms with Crippen LogP contribution in [0.3, 0.4) is 0 Å². The van der Waals surface area contributed by atoms with Gasteiger partial charge in [-0.1, -0.05) is 42.5 Å². The summed E-state index contributed by atoms with van der Waals surface area (Å²) >= 11 is 0. The number of carbonyl (C=O) groups is 2. The van der Waals surface area contributed by atoms with E-state index in [1.165, 1.54) is 0 Å². The predicted molar refractivity (Wildman–Crippen MR) is 111 cm³/mol. The minimum atomic E-state index is -0.961. The summed E-state index contributed by atoms with van der Waals surface area (Å²) in [6, 6.07) is 15.1. The van der Waals surface area contributed by atoms with Crippen LogP contribution in [0.5, 0.6) is 0 Å². The summed E-state index contributed by atoms with van der Waals surface area (Å²) in [6.45, 7) is 0.776. The molecule has 1 saturated heterocycles. The number of likely N-dealkylation sites (tertiary alicyclic amines) is 1. The number of hydrogen-bond donors (Lipinski definition) is 2. The molecule has 3 aromatic rings. The topological polar surface area (TPSA) is 86.3 Å². The van der Waals surface area contributed by atoms with Crippen molar-refractivity contribution < 1.29 is 14.7 Å². The van der Waals surface area contributed by atoms with Crippen molar-refractivity contribution in [2.45, 2.75) is 19.3 Å². The van der Waals surface area contributed by atoms with E-state index in [-0.39, 0.29) is 12.5 Å². The maximum Gasteiger partial charge on any atom is 0.311 e. The van der Waals surface area contributed by atoms with E-state index < -0.39 is 11.4 Å². The normalized spacial score (nSPS) is 19.7. The minimum Gasteiger partial charge on any atom is -0.481 e. The summed E-state index contributed by atoms with van der Waals surface area (Å²) in [5, 5.41) is 9.98. The summed E-state index contributed by atoms with van der Waals surface area (Å²) in [5.74, 6) is -0.990. The average Bonchev–Trinajstić information content (AvgIpc) is 3.22. The van der Waals surface area contributed by atoms with E-state index >= 15 is 0 Å². The maximum absolute atomic E-state index is 13.1. The summed E-state index contributed by atoms with van der Waals surface area (Å²) < 4.78 is 0. The number of carboxylic acids is 1. The predicted octanol–water partition coefficient (Wildman–Crippen LogP) is 3.97. The van der Waals surface area contributed by atoms with Crippen LogP contribution < -0.4 is 0 Å². The Hall–Kier alpha value is -3.41. The molecule has 29 heavy (non-hydrogen) atoms. The van der Waals surface area contributed by atoms with Gasteiger partial charge in [0, 0.05) is 18.7 Å². The molecule has 6 heteroatoms. The molecular formula is C23H23N3O3. The van der Waals surface area contributed by atoms with Gasteiger partial charge in [-0.05, 0) is 43.0 Å². The number of fused-ring (bicyclic) bond motifs is 1. The summed E-state index contributed by atoms with van der Waals surface area (Å²) in [6.07, 6.45) is 7.06. The largest absolute Gasteiger partial charge is 0.481 e. The molecule has 0 bridgehead atoms. The second-order valence-electron chi connectivity index (χ2n) is 7.57. The Kier molecular flexibility index (Phi) is 5.16. The molecule has 148 valence electrons. The number of piperidine rings is 1. The molecule has 1 fully saturated rings. The standard InChI is InChI=1S/C23H23N3O3/c27-21(18-9-10-19-20(14-18)25-16-24-19)26-13-5-12-23(15-26,22(28)29)11-4-8-17-6-2-1-3-7-17/h1-4,6-10,14,16H,5,11-13,15H2,(H,24,25)(H,28,29)/b8-4+. The van der Waals surface area contributed by atoms with Gasteiger partial charge < -0.3 is 15.0 Å². The van der Waals surface area contributed by atoms with Gasteiger partial charge in [0.1, 0.15) is 0 Å². The molecule has 4 rings (SSSR count).